The molecule has 1 amide bonds. The smallest absolute Gasteiger partial charge is 0.256 e. The molecule has 0 fully saturated rings. The van der Waals surface area contributed by atoms with Crippen molar-refractivity contribution in [1.29, 1.82) is 0 Å². The fourth-order valence-corrected chi connectivity index (χ4v) is 2.40. The lowest BCUT2D eigenvalue weighted by atomic mass is 10.1. The number of benzene rings is 1. The fourth-order valence-electron chi connectivity index (χ4n) is 1.98. The average Bonchev–Trinajstić information content (AvgIpc) is 2.92. The molecule has 1 aromatic carbocycles. The zero-order chi connectivity index (χ0) is 15.4. The summed E-state index contributed by atoms with van der Waals surface area (Å²) in [4.78, 5) is 12.2. The SMILES string of the molecule is COc1ccc(C(C)NC(=O)c2ccoc2Br)c(OC)c1. The summed E-state index contributed by atoms with van der Waals surface area (Å²) in [5, 5.41) is 2.90. The third-order valence-electron chi connectivity index (χ3n) is 3.12. The maximum Gasteiger partial charge on any atom is 0.256 e. The van der Waals surface area contributed by atoms with Crippen LogP contribution in [-0.2, 0) is 0 Å². The van der Waals surface area contributed by atoms with E-state index in [0.29, 0.717) is 21.7 Å². The molecule has 1 N–H and O–H groups in total. The van der Waals surface area contributed by atoms with Crippen LogP contribution >= 0.6 is 15.9 Å². The van der Waals surface area contributed by atoms with Gasteiger partial charge in [0.05, 0.1) is 32.1 Å². The van der Waals surface area contributed by atoms with Crippen LogP contribution in [-0.4, -0.2) is 20.1 Å². The van der Waals surface area contributed by atoms with E-state index in [-0.39, 0.29) is 11.9 Å². The van der Waals surface area contributed by atoms with E-state index in [9.17, 15) is 4.79 Å². The van der Waals surface area contributed by atoms with Gasteiger partial charge in [0.25, 0.3) is 5.91 Å². The molecule has 0 bridgehead atoms. The fraction of sp³-hybridized carbons (Fsp3) is 0.267. The molecule has 0 saturated carbocycles. The van der Waals surface area contributed by atoms with Crippen molar-refractivity contribution in [3.63, 3.8) is 0 Å². The summed E-state index contributed by atoms with van der Waals surface area (Å²) < 4.78 is 16.0. The van der Waals surface area contributed by atoms with Gasteiger partial charge in [-0.15, -0.1) is 0 Å². The molecular formula is C15H16BrNO4. The van der Waals surface area contributed by atoms with E-state index in [0.717, 1.165) is 5.56 Å². The first-order valence-electron chi connectivity index (χ1n) is 6.32. The van der Waals surface area contributed by atoms with Crippen LogP contribution in [0.4, 0.5) is 0 Å². The van der Waals surface area contributed by atoms with E-state index in [1.807, 2.05) is 19.1 Å². The highest BCUT2D eigenvalue weighted by atomic mass is 79.9. The predicted molar refractivity (Wildman–Crippen MR) is 81.8 cm³/mol. The van der Waals surface area contributed by atoms with Crippen LogP contribution in [0.3, 0.4) is 0 Å². The Hall–Kier alpha value is -1.95. The molecule has 2 rings (SSSR count). The van der Waals surface area contributed by atoms with Gasteiger partial charge < -0.3 is 19.2 Å². The number of furan rings is 1. The Morgan fingerprint density at radius 1 is 1.29 bits per heavy atom. The van der Waals surface area contributed by atoms with E-state index in [1.165, 1.54) is 6.26 Å². The molecule has 21 heavy (non-hydrogen) atoms. The van der Waals surface area contributed by atoms with Crippen molar-refractivity contribution in [1.82, 2.24) is 5.32 Å². The third-order valence-corrected chi connectivity index (χ3v) is 3.73. The molecule has 0 spiro atoms. The van der Waals surface area contributed by atoms with Gasteiger partial charge in [-0.05, 0) is 41.1 Å². The molecule has 6 heteroatoms. The Morgan fingerprint density at radius 3 is 2.62 bits per heavy atom. The van der Waals surface area contributed by atoms with Crippen LogP contribution in [0.25, 0.3) is 0 Å². The summed E-state index contributed by atoms with van der Waals surface area (Å²) >= 11 is 3.19. The summed E-state index contributed by atoms with van der Waals surface area (Å²) in [6, 6.07) is 6.87. The van der Waals surface area contributed by atoms with Crippen molar-refractivity contribution < 1.29 is 18.7 Å². The Kier molecular flexibility index (Phi) is 4.90. The normalized spacial score (nSPS) is 11.8. The van der Waals surface area contributed by atoms with Crippen LogP contribution in [0.15, 0.2) is 39.6 Å². The minimum absolute atomic E-state index is 0.221. The van der Waals surface area contributed by atoms with E-state index >= 15 is 0 Å². The molecule has 0 saturated heterocycles. The minimum Gasteiger partial charge on any atom is -0.497 e. The molecule has 1 aromatic heterocycles. The van der Waals surface area contributed by atoms with Crippen molar-refractivity contribution in [2.24, 2.45) is 0 Å². The average molecular weight is 354 g/mol. The van der Waals surface area contributed by atoms with Crippen LogP contribution in [0, 0.1) is 0 Å². The molecule has 0 aliphatic carbocycles. The first-order chi connectivity index (χ1) is 10.1. The number of hydrogen-bond donors (Lipinski definition) is 1. The summed E-state index contributed by atoms with van der Waals surface area (Å²) in [5.41, 5.74) is 1.32. The van der Waals surface area contributed by atoms with Crippen LogP contribution < -0.4 is 14.8 Å². The molecule has 5 nitrogen and oxygen atoms in total. The van der Waals surface area contributed by atoms with Crippen LogP contribution in [0.5, 0.6) is 11.5 Å². The molecule has 0 aliphatic rings. The number of carbonyl (C=O) groups excluding carboxylic acids is 1. The molecule has 0 radical (unpaired) electrons. The highest BCUT2D eigenvalue weighted by Crippen LogP contribution is 2.29. The number of carbonyl (C=O) groups is 1. The number of rotatable bonds is 5. The molecule has 1 unspecified atom stereocenters. The third kappa shape index (κ3) is 3.39. The molecule has 0 aliphatic heterocycles. The summed E-state index contributed by atoms with van der Waals surface area (Å²) in [7, 11) is 3.18. The van der Waals surface area contributed by atoms with Crippen molar-refractivity contribution in [2.45, 2.75) is 13.0 Å². The lowest BCUT2D eigenvalue weighted by molar-refractivity contribution is 0.0938. The van der Waals surface area contributed by atoms with E-state index in [1.54, 1.807) is 26.4 Å². The van der Waals surface area contributed by atoms with Gasteiger partial charge in [-0.3, -0.25) is 4.79 Å². The van der Waals surface area contributed by atoms with Crippen molar-refractivity contribution >= 4 is 21.8 Å². The van der Waals surface area contributed by atoms with Gasteiger partial charge in [0.15, 0.2) is 4.67 Å². The van der Waals surface area contributed by atoms with Crippen molar-refractivity contribution in [3.8, 4) is 11.5 Å². The summed E-state index contributed by atoms with van der Waals surface area (Å²) in [5.74, 6) is 1.14. The summed E-state index contributed by atoms with van der Waals surface area (Å²) in [6.45, 7) is 1.89. The maximum atomic E-state index is 12.2. The highest BCUT2D eigenvalue weighted by molar-refractivity contribution is 9.10. The second-order valence-corrected chi connectivity index (χ2v) is 5.13. The standard InChI is InChI=1S/C15H16BrNO4/c1-9(17-15(18)12-6-7-21-14(12)16)11-5-4-10(19-2)8-13(11)20-3/h4-9H,1-3H3,(H,17,18). The number of ether oxygens (including phenoxy) is 2. The number of halogens is 1. The summed E-state index contributed by atoms with van der Waals surface area (Å²) in [6.07, 6.45) is 1.46. The topological polar surface area (TPSA) is 60.7 Å². The van der Waals surface area contributed by atoms with Gasteiger partial charge in [0.1, 0.15) is 11.5 Å². The molecular weight excluding hydrogens is 338 g/mol. The second-order valence-electron chi connectivity index (χ2n) is 4.41. The lowest BCUT2D eigenvalue weighted by Gasteiger charge is -2.17. The van der Waals surface area contributed by atoms with Gasteiger partial charge in [-0.25, -0.2) is 0 Å². The van der Waals surface area contributed by atoms with Crippen LogP contribution in [0.2, 0.25) is 0 Å². The number of nitrogens with one attached hydrogen (secondary N) is 1. The van der Waals surface area contributed by atoms with Gasteiger partial charge in [-0.1, -0.05) is 0 Å². The van der Waals surface area contributed by atoms with Crippen molar-refractivity contribution in [3.05, 3.63) is 46.3 Å². The highest BCUT2D eigenvalue weighted by Gasteiger charge is 2.18. The van der Waals surface area contributed by atoms with E-state index in [2.05, 4.69) is 21.2 Å². The molecule has 1 heterocycles. The molecule has 1 atom stereocenters. The predicted octanol–water partition coefficient (Wildman–Crippen LogP) is 3.55. The van der Waals surface area contributed by atoms with Gasteiger partial charge in [0.2, 0.25) is 0 Å². The number of methoxy groups -OCH3 is 2. The number of hydrogen-bond acceptors (Lipinski definition) is 4. The molecule has 112 valence electrons. The van der Waals surface area contributed by atoms with Crippen LogP contribution in [0.1, 0.15) is 28.9 Å². The Balaban J connectivity index is 2.18. The van der Waals surface area contributed by atoms with Crippen molar-refractivity contribution in [2.75, 3.05) is 14.2 Å². The zero-order valence-corrected chi connectivity index (χ0v) is 13.6. The molecule has 2 aromatic rings. The zero-order valence-electron chi connectivity index (χ0n) is 12.0. The largest absolute Gasteiger partial charge is 0.497 e. The van der Waals surface area contributed by atoms with E-state index < -0.39 is 0 Å². The van der Waals surface area contributed by atoms with E-state index in [4.69, 9.17) is 13.9 Å². The lowest BCUT2D eigenvalue weighted by Crippen LogP contribution is -2.26. The Labute approximate surface area is 131 Å². The number of amides is 1. The second kappa shape index (κ2) is 6.67. The van der Waals surface area contributed by atoms with Gasteiger partial charge in [-0.2, -0.15) is 0 Å². The monoisotopic (exact) mass is 353 g/mol. The first kappa shape index (κ1) is 15.4. The minimum atomic E-state index is -0.222. The van der Waals surface area contributed by atoms with Gasteiger partial charge >= 0.3 is 0 Å². The maximum absolute atomic E-state index is 12.2. The Bertz CT molecular complexity index is 638. The Morgan fingerprint density at radius 2 is 2.05 bits per heavy atom. The first-order valence-corrected chi connectivity index (χ1v) is 7.12. The van der Waals surface area contributed by atoms with Gasteiger partial charge in [0, 0.05) is 11.6 Å². The quantitative estimate of drug-likeness (QED) is 0.892.